The molecule has 7 heteroatoms. The third kappa shape index (κ3) is 14.4. The maximum absolute atomic E-state index is 13.2. The fourth-order valence-corrected chi connectivity index (χ4v) is 5.41. The Morgan fingerprint density at radius 1 is 0.627 bits per heavy atom. The first-order valence-corrected chi connectivity index (χ1v) is 17.4. The Morgan fingerprint density at radius 3 is 1.45 bits per heavy atom. The molecule has 0 aliphatic rings. The van der Waals surface area contributed by atoms with Gasteiger partial charge in [-0.2, -0.15) is 0 Å². The molecule has 4 rings (SSSR count). The number of hydrogen-bond acceptors (Lipinski definition) is 5. The zero-order chi connectivity index (χ0) is 37.2. The largest absolute Gasteiger partial charge is 0.459 e. The predicted molar refractivity (Wildman–Crippen MR) is 200 cm³/mol. The Labute approximate surface area is 302 Å². The summed E-state index contributed by atoms with van der Waals surface area (Å²) in [5.41, 5.74) is 4.04. The molecule has 1 N–H and O–H groups in total. The highest BCUT2D eigenvalue weighted by Gasteiger charge is 2.30. The van der Waals surface area contributed by atoms with E-state index in [-0.39, 0.29) is 47.6 Å². The highest BCUT2D eigenvalue weighted by molar-refractivity contribution is 5.71. The highest BCUT2D eigenvalue weighted by Crippen LogP contribution is 2.24. The first-order valence-electron chi connectivity index (χ1n) is 17.4. The van der Waals surface area contributed by atoms with Crippen molar-refractivity contribution in [3.8, 4) is 0 Å². The minimum atomic E-state index is -0.665. The molecule has 0 amide bonds. The molecule has 6 atom stereocenters. The van der Waals surface area contributed by atoms with Gasteiger partial charge < -0.3 is 19.3 Å². The Kier molecular flexibility index (Phi) is 17.5. The van der Waals surface area contributed by atoms with Crippen molar-refractivity contribution in [1.82, 2.24) is 0 Å². The van der Waals surface area contributed by atoms with Gasteiger partial charge in [0.25, 0.3) is 0 Å². The van der Waals surface area contributed by atoms with Gasteiger partial charge in [0, 0.05) is 11.8 Å². The molecule has 5 nitrogen and oxygen atoms in total. The summed E-state index contributed by atoms with van der Waals surface area (Å²) < 4.78 is 43.8. The predicted octanol–water partition coefficient (Wildman–Crippen LogP) is 9.48. The van der Waals surface area contributed by atoms with E-state index >= 15 is 0 Å². The van der Waals surface area contributed by atoms with Crippen LogP contribution in [-0.2, 0) is 45.1 Å². The van der Waals surface area contributed by atoms with Gasteiger partial charge in [0.1, 0.15) is 17.7 Å². The van der Waals surface area contributed by atoms with Crippen LogP contribution in [0, 0.1) is 29.4 Å². The van der Waals surface area contributed by atoms with Gasteiger partial charge in [-0.1, -0.05) is 111 Å². The van der Waals surface area contributed by atoms with E-state index in [9.17, 15) is 18.7 Å². The second kappa shape index (κ2) is 21.7. The minimum Gasteiger partial charge on any atom is -0.459 e. The fraction of sp³-hybridized carbons (Fsp3) is 0.341. The number of carbonyl (C=O) groups excluding carboxylic acids is 1. The quantitative estimate of drug-likeness (QED) is 0.0829. The number of ether oxygens (including phenoxy) is 3. The molecule has 0 saturated carbocycles. The number of rotatable bonds is 18. The van der Waals surface area contributed by atoms with Crippen LogP contribution in [0.25, 0.3) is 0 Å². The maximum atomic E-state index is 13.2. The second-order valence-corrected chi connectivity index (χ2v) is 13.0. The van der Waals surface area contributed by atoms with Gasteiger partial charge in [-0.15, -0.1) is 13.2 Å². The Morgan fingerprint density at radius 2 is 1.04 bits per heavy atom. The minimum absolute atomic E-state index is 0.147. The molecule has 0 bridgehead atoms. The van der Waals surface area contributed by atoms with Gasteiger partial charge in [0.15, 0.2) is 0 Å². The highest BCUT2D eigenvalue weighted by atomic mass is 19.1. The van der Waals surface area contributed by atoms with Crippen LogP contribution in [0.5, 0.6) is 0 Å². The smallest absolute Gasteiger partial charge is 0.308 e. The molecule has 0 radical (unpaired) electrons. The Balaban J connectivity index is 0.000000281. The summed E-state index contributed by atoms with van der Waals surface area (Å²) in [6.45, 7) is 16.0. The lowest BCUT2D eigenvalue weighted by Gasteiger charge is -2.30. The fourth-order valence-electron chi connectivity index (χ4n) is 5.41. The van der Waals surface area contributed by atoms with Crippen LogP contribution < -0.4 is 0 Å². The number of carbonyl (C=O) groups is 1. The summed E-state index contributed by atoms with van der Waals surface area (Å²) >= 11 is 0. The van der Waals surface area contributed by atoms with Gasteiger partial charge in [-0.3, -0.25) is 4.79 Å². The summed E-state index contributed by atoms with van der Waals surface area (Å²) in [6.07, 6.45) is 2.90. The van der Waals surface area contributed by atoms with E-state index in [4.69, 9.17) is 14.2 Å². The van der Waals surface area contributed by atoms with Crippen LogP contribution in [0.3, 0.4) is 0 Å². The van der Waals surface area contributed by atoms with Crippen molar-refractivity contribution in [3.05, 3.63) is 168 Å². The molecule has 0 aliphatic heterocycles. The summed E-state index contributed by atoms with van der Waals surface area (Å²) in [7, 11) is 0. The topological polar surface area (TPSA) is 65.0 Å². The summed E-state index contributed by atoms with van der Waals surface area (Å²) in [5, 5.41) is 10.5. The van der Waals surface area contributed by atoms with E-state index in [0.717, 1.165) is 22.3 Å². The van der Waals surface area contributed by atoms with Crippen molar-refractivity contribution < 1.29 is 32.9 Å². The van der Waals surface area contributed by atoms with Gasteiger partial charge in [-0.25, -0.2) is 8.78 Å². The number of benzene rings is 4. The standard InChI is InChI=1S/C24H29FO3.C20H23FO2/c1-5-21(15-19-11-13-22(25)14-12-19)23(28-24(26)17(2)3)18(4)27-16-20-9-7-6-8-10-20;1-3-18(13-16-9-11-19(21)12-10-16)20(22)15(2)23-14-17-7-5-4-6-8-17/h5-14,17-18,21,23H,1,15-16H2,2-4H3;3-12,15,18,20,22H,1,13-14H2,2H3/t18-,21+,23-;15-,18+,20-/m00/s1. The van der Waals surface area contributed by atoms with Crippen molar-refractivity contribution in [1.29, 1.82) is 0 Å². The normalized spacial score (nSPS) is 14.6. The molecule has 0 saturated heterocycles. The third-order valence-electron chi connectivity index (χ3n) is 8.61. The molecule has 0 aliphatic carbocycles. The lowest BCUT2D eigenvalue weighted by atomic mass is 9.91. The van der Waals surface area contributed by atoms with Crippen LogP contribution in [0.1, 0.15) is 49.9 Å². The molecule has 4 aromatic rings. The molecular formula is C44H52F2O5. The van der Waals surface area contributed by atoms with E-state index in [1.807, 2.05) is 74.5 Å². The maximum Gasteiger partial charge on any atom is 0.308 e. The van der Waals surface area contributed by atoms with Crippen LogP contribution in [0.4, 0.5) is 8.78 Å². The third-order valence-corrected chi connectivity index (χ3v) is 8.61. The summed E-state index contributed by atoms with van der Waals surface area (Å²) in [6, 6.07) is 32.4. The van der Waals surface area contributed by atoms with Crippen molar-refractivity contribution in [2.24, 2.45) is 17.8 Å². The Bertz CT molecular complexity index is 1580. The second-order valence-electron chi connectivity index (χ2n) is 13.0. The van der Waals surface area contributed by atoms with E-state index in [2.05, 4.69) is 13.2 Å². The van der Waals surface area contributed by atoms with E-state index < -0.39 is 12.2 Å². The molecule has 0 unspecified atom stereocenters. The first-order chi connectivity index (χ1) is 24.5. The molecule has 0 aromatic heterocycles. The van der Waals surface area contributed by atoms with Crippen molar-refractivity contribution in [3.63, 3.8) is 0 Å². The molecule has 0 spiro atoms. The average Bonchev–Trinajstić information content (AvgIpc) is 3.15. The van der Waals surface area contributed by atoms with Gasteiger partial charge in [-0.05, 0) is 73.2 Å². The number of esters is 1. The lowest BCUT2D eigenvalue weighted by molar-refractivity contribution is -0.164. The summed E-state index contributed by atoms with van der Waals surface area (Å²) in [4.78, 5) is 12.3. The zero-order valence-corrected chi connectivity index (χ0v) is 30.2. The molecular weight excluding hydrogens is 646 g/mol. The molecule has 4 aromatic carbocycles. The van der Waals surface area contributed by atoms with Crippen LogP contribution in [0.15, 0.2) is 135 Å². The van der Waals surface area contributed by atoms with Crippen molar-refractivity contribution in [2.45, 2.75) is 78.2 Å². The van der Waals surface area contributed by atoms with Crippen molar-refractivity contribution >= 4 is 5.97 Å². The number of aliphatic hydroxyl groups excluding tert-OH is 1. The van der Waals surface area contributed by atoms with E-state index in [1.165, 1.54) is 24.3 Å². The first kappa shape index (κ1) is 41.0. The Hall–Kier alpha value is -4.43. The van der Waals surface area contributed by atoms with Gasteiger partial charge >= 0.3 is 5.97 Å². The summed E-state index contributed by atoms with van der Waals surface area (Å²) in [5.74, 6) is -1.35. The number of halogens is 2. The SMILES string of the molecule is C=C[C@H](Cc1ccc(F)cc1)[C@@H](O)[C@H](C)OCc1ccccc1.C=C[C@H](Cc1ccc(F)cc1)[C@@H](OC(=O)C(C)C)[C@H](C)OCc1ccccc1. The van der Waals surface area contributed by atoms with Crippen molar-refractivity contribution in [2.75, 3.05) is 0 Å². The lowest BCUT2D eigenvalue weighted by Crippen LogP contribution is -2.39. The van der Waals surface area contributed by atoms with Crippen LogP contribution in [0.2, 0.25) is 0 Å². The zero-order valence-electron chi connectivity index (χ0n) is 30.2. The number of hydrogen-bond donors (Lipinski definition) is 1. The number of aliphatic hydroxyl groups is 1. The molecule has 51 heavy (non-hydrogen) atoms. The monoisotopic (exact) mass is 698 g/mol. The average molecular weight is 699 g/mol. The van der Waals surface area contributed by atoms with E-state index in [1.54, 1.807) is 50.3 Å². The van der Waals surface area contributed by atoms with Crippen LogP contribution >= 0.6 is 0 Å². The molecule has 0 heterocycles. The van der Waals surface area contributed by atoms with E-state index in [0.29, 0.717) is 26.1 Å². The van der Waals surface area contributed by atoms with Crippen LogP contribution in [-0.4, -0.2) is 35.5 Å². The van der Waals surface area contributed by atoms with Gasteiger partial charge in [0.2, 0.25) is 0 Å². The molecule has 272 valence electrons. The van der Waals surface area contributed by atoms with Gasteiger partial charge in [0.05, 0.1) is 37.4 Å². The molecule has 0 fully saturated rings.